The number of hydrogen-bond acceptors (Lipinski definition) is 6. The van der Waals surface area contributed by atoms with Gasteiger partial charge in [0.25, 0.3) is 11.8 Å². The van der Waals surface area contributed by atoms with E-state index in [1.165, 1.54) is 12.8 Å². The standard InChI is InChI=1S/C29H39N3O5/c1-19-15-32(16-21-9-10-21)20(2)18-37-26-12-11-23(14-25(26)29(34)31(3)17-27(19)36-5)30-28(33)22-7-6-8-24(13-22)35-4/h6-8,11-14,19-21,27H,9-10,15-18H2,1-5H3,(H,30,33)/t19-,20+,27+/m1/s1. The number of benzene rings is 2. The average Bonchev–Trinajstić information content (AvgIpc) is 3.73. The summed E-state index contributed by atoms with van der Waals surface area (Å²) in [5.41, 5.74) is 1.40. The number of rotatable bonds is 6. The third-order valence-corrected chi connectivity index (χ3v) is 7.35. The van der Waals surface area contributed by atoms with Gasteiger partial charge in [0.15, 0.2) is 0 Å². The molecule has 0 spiro atoms. The van der Waals surface area contributed by atoms with Gasteiger partial charge in [-0.3, -0.25) is 14.5 Å². The van der Waals surface area contributed by atoms with Crippen LogP contribution in [0.2, 0.25) is 0 Å². The highest BCUT2D eigenvalue weighted by Crippen LogP contribution is 2.32. The fourth-order valence-electron chi connectivity index (χ4n) is 4.78. The van der Waals surface area contributed by atoms with E-state index in [1.54, 1.807) is 68.6 Å². The third-order valence-electron chi connectivity index (χ3n) is 7.35. The van der Waals surface area contributed by atoms with E-state index in [-0.39, 0.29) is 29.9 Å². The first-order valence-electron chi connectivity index (χ1n) is 13.0. The Bertz CT molecular complexity index is 1100. The number of nitrogens with one attached hydrogen (secondary N) is 1. The Balaban J connectivity index is 1.60. The summed E-state index contributed by atoms with van der Waals surface area (Å²) in [6, 6.07) is 12.3. The van der Waals surface area contributed by atoms with Gasteiger partial charge in [-0.1, -0.05) is 13.0 Å². The van der Waals surface area contributed by atoms with E-state index in [0.717, 1.165) is 19.0 Å². The molecule has 0 aromatic heterocycles. The lowest BCUT2D eigenvalue weighted by molar-refractivity contribution is 0.00994. The molecule has 1 saturated carbocycles. The van der Waals surface area contributed by atoms with Gasteiger partial charge in [0.05, 0.1) is 18.8 Å². The Morgan fingerprint density at radius 1 is 1.11 bits per heavy atom. The molecule has 1 N–H and O–H groups in total. The van der Waals surface area contributed by atoms with E-state index in [0.29, 0.717) is 41.5 Å². The number of nitrogens with zero attached hydrogens (tertiary/aromatic N) is 2. The van der Waals surface area contributed by atoms with Crippen molar-refractivity contribution in [2.75, 3.05) is 52.8 Å². The second kappa shape index (κ2) is 12.0. The normalized spacial score (nSPS) is 23.3. The first-order chi connectivity index (χ1) is 17.8. The van der Waals surface area contributed by atoms with Crippen LogP contribution in [0, 0.1) is 11.8 Å². The summed E-state index contributed by atoms with van der Waals surface area (Å²) in [5, 5.41) is 2.90. The maximum absolute atomic E-state index is 13.6. The summed E-state index contributed by atoms with van der Waals surface area (Å²) in [4.78, 5) is 30.6. The van der Waals surface area contributed by atoms with Gasteiger partial charge >= 0.3 is 0 Å². The summed E-state index contributed by atoms with van der Waals surface area (Å²) in [5.74, 6) is 1.65. The number of methoxy groups -OCH3 is 2. The van der Waals surface area contributed by atoms with Gasteiger partial charge in [0, 0.05) is 51.1 Å². The number of ether oxygens (including phenoxy) is 3. The van der Waals surface area contributed by atoms with Crippen LogP contribution in [0.4, 0.5) is 5.69 Å². The Morgan fingerprint density at radius 3 is 2.59 bits per heavy atom. The molecule has 1 fully saturated rings. The number of amides is 2. The van der Waals surface area contributed by atoms with Crippen molar-refractivity contribution in [3.05, 3.63) is 53.6 Å². The van der Waals surface area contributed by atoms with Gasteiger partial charge in [-0.15, -0.1) is 0 Å². The van der Waals surface area contributed by atoms with Crippen LogP contribution in [0.15, 0.2) is 42.5 Å². The molecule has 0 bridgehead atoms. The summed E-state index contributed by atoms with van der Waals surface area (Å²) >= 11 is 0. The average molecular weight is 510 g/mol. The molecule has 0 radical (unpaired) electrons. The van der Waals surface area contributed by atoms with Crippen molar-refractivity contribution in [3.63, 3.8) is 0 Å². The lowest BCUT2D eigenvalue weighted by Gasteiger charge is -2.36. The van der Waals surface area contributed by atoms with Crippen molar-refractivity contribution in [3.8, 4) is 11.5 Å². The molecule has 0 unspecified atom stereocenters. The van der Waals surface area contributed by atoms with E-state index >= 15 is 0 Å². The molecular weight excluding hydrogens is 470 g/mol. The van der Waals surface area contributed by atoms with Gasteiger partial charge in [0.1, 0.15) is 18.1 Å². The topological polar surface area (TPSA) is 80.3 Å². The molecule has 200 valence electrons. The highest BCUT2D eigenvalue weighted by atomic mass is 16.5. The van der Waals surface area contributed by atoms with E-state index in [9.17, 15) is 9.59 Å². The van der Waals surface area contributed by atoms with E-state index in [2.05, 4.69) is 24.1 Å². The number of carbonyl (C=O) groups is 2. The molecule has 8 heteroatoms. The van der Waals surface area contributed by atoms with Crippen LogP contribution in [0.5, 0.6) is 11.5 Å². The summed E-state index contributed by atoms with van der Waals surface area (Å²) in [6.07, 6.45) is 2.48. The molecule has 2 amide bonds. The van der Waals surface area contributed by atoms with E-state index in [1.807, 2.05) is 0 Å². The zero-order valence-electron chi connectivity index (χ0n) is 22.5. The minimum atomic E-state index is -0.286. The van der Waals surface area contributed by atoms with Crippen LogP contribution in [0.3, 0.4) is 0 Å². The Kier molecular flexibility index (Phi) is 8.71. The maximum Gasteiger partial charge on any atom is 0.257 e. The van der Waals surface area contributed by atoms with Crippen molar-refractivity contribution in [2.24, 2.45) is 11.8 Å². The van der Waals surface area contributed by atoms with Crippen LogP contribution in [0.1, 0.15) is 47.4 Å². The lowest BCUT2D eigenvalue weighted by atomic mass is 10.0. The van der Waals surface area contributed by atoms with Crippen molar-refractivity contribution < 1.29 is 23.8 Å². The second-order valence-electron chi connectivity index (χ2n) is 10.4. The molecule has 1 heterocycles. The zero-order chi connectivity index (χ0) is 26.5. The molecule has 2 aliphatic rings. The van der Waals surface area contributed by atoms with Crippen LogP contribution in [0.25, 0.3) is 0 Å². The number of anilines is 1. The molecule has 2 aromatic rings. The predicted molar refractivity (Wildman–Crippen MR) is 144 cm³/mol. The summed E-state index contributed by atoms with van der Waals surface area (Å²) < 4.78 is 17.3. The molecular formula is C29H39N3O5. The smallest absolute Gasteiger partial charge is 0.257 e. The van der Waals surface area contributed by atoms with Gasteiger partial charge in [-0.2, -0.15) is 0 Å². The Morgan fingerprint density at radius 2 is 1.89 bits per heavy atom. The Labute approximate surface area is 219 Å². The van der Waals surface area contributed by atoms with Gasteiger partial charge < -0.3 is 24.4 Å². The summed E-state index contributed by atoms with van der Waals surface area (Å²) in [6.45, 7) is 7.25. The molecule has 8 nitrogen and oxygen atoms in total. The molecule has 1 aliphatic heterocycles. The SMILES string of the molecule is COc1cccc(C(=O)Nc2ccc3c(c2)C(=O)N(C)C[C@H](OC)[C@H](C)CN(CC2CC2)[C@@H](C)CO3)c1. The van der Waals surface area contributed by atoms with Crippen LogP contribution >= 0.6 is 0 Å². The highest BCUT2D eigenvalue weighted by molar-refractivity contribution is 6.05. The number of fused-ring (bicyclic) bond motifs is 1. The first-order valence-corrected chi connectivity index (χ1v) is 13.0. The summed E-state index contributed by atoms with van der Waals surface area (Å²) in [7, 11) is 5.05. The highest BCUT2D eigenvalue weighted by Gasteiger charge is 2.31. The Hall–Kier alpha value is -3.10. The fourth-order valence-corrected chi connectivity index (χ4v) is 4.78. The molecule has 1 aliphatic carbocycles. The van der Waals surface area contributed by atoms with Crippen molar-refractivity contribution in [1.82, 2.24) is 9.80 Å². The number of hydrogen-bond donors (Lipinski definition) is 1. The number of likely N-dealkylation sites (N-methyl/N-ethyl adjacent to an activating group) is 1. The van der Waals surface area contributed by atoms with Crippen LogP contribution < -0.4 is 14.8 Å². The quantitative estimate of drug-likeness (QED) is 0.630. The van der Waals surface area contributed by atoms with Gasteiger partial charge in [-0.05, 0) is 68.0 Å². The second-order valence-corrected chi connectivity index (χ2v) is 10.4. The van der Waals surface area contributed by atoms with Crippen LogP contribution in [-0.2, 0) is 4.74 Å². The van der Waals surface area contributed by atoms with Crippen molar-refractivity contribution >= 4 is 17.5 Å². The number of carbonyl (C=O) groups excluding carboxylic acids is 2. The van der Waals surface area contributed by atoms with E-state index < -0.39 is 0 Å². The van der Waals surface area contributed by atoms with Crippen molar-refractivity contribution in [2.45, 2.75) is 38.8 Å². The minimum absolute atomic E-state index is 0.0948. The molecule has 37 heavy (non-hydrogen) atoms. The molecule has 3 atom stereocenters. The maximum atomic E-state index is 13.6. The predicted octanol–water partition coefficient (Wildman–Crippen LogP) is 4.16. The van der Waals surface area contributed by atoms with E-state index in [4.69, 9.17) is 14.2 Å². The first kappa shape index (κ1) is 26.9. The monoisotopic (exact) mass is 509 g/mol. The zero-order valence-corrected chi connectivity index (χ0v) is 22.5. The lowest BCUT2D eigenvalue weighted by Crippen LogP contribution is -2.47. The molecule has 2 aromatic carbocycles. The molecule has 4 rings (SSSR count). The van der Waals surface area contributed by atoms with Crippen molar-refractivity contribution in [1.29, 1.82) is 0 Å². The van der Waals surface area contributed by atoms with Gasteiger partial charge in [-0.25, -0.2) is 0 Å². The minimum Gasteiger partial charge on any atom is -0.497 e. The molecule has 0 saturated heterocycles. The third kappa shape index (κ3) is 6.81. The van der Waals surface area contributed by atoms with Crippen LogP contribution in [-0.4, -0.2) is 81.3 Å². The largest absolute Gasteiger partial charge is 0.497 e. The fraction of sp³-hybridized carbons (Fsp3) is 0.517. The van der Waals surface area contributed by atoms with Gasteiger partial charge in [0.2, 0.25) is 0 Å².